The maximum Gasteiger partial charge on any atom is 0.346 e. The fourth-order valence-electron chi connectivity index (χ4n) is 5.44. The summed E-state index contributed by atoms with van der Waals surface area (Å²) in [6.45, 7) is 3.69. The van der Waals surface area contributed by atoms with Crippen molar-refractivity contribution in [3.05, 3.63) is 122 Å². The second-order valence-corrected chi connectivity index (χ2v) is 11.6. The SMILES string of the molecule is Cc1ccc2c(c1)oc(=O)c1c(-c3cn(-c4ccccc4)nc3-c3ccccc3)cc(-c3c(O)c(C)cc(I)c3O)nc12. The van der Waals surface area contributed by atoms with Gasteiger partial charge in [0, 0.05) is 28.3 Å². The lowest BCUT2D eigenvalue weighted by Crippen LogP contribution is -2.05. The third-order valence-corrected chi connectivity index (χ3v) is 8.39. The average Bonchev–Trinajstić information content (AvgIpc) is 3.46. The maximum atomic E-state index is 13.8. The predicted octanol–water partition coefficient (Wildman–Crippen LogP) is 8.16. The fourth-order valence-corrected chi connectivity index (χ4v) is 6.18. The van der Waals surface area contributed by atoms with Gasteiger partial charge in [-0.2, -0.15) is 5.10 Å². The van der Waals surface area contributed by atoms with Crippen molar-refractivity contribution < 1.29 is 14.6 Å². The summed E-state index contributed by atoms with van der Waals surface area (Å²) >= 11 is 2.04. The van der Waals surface area contributed by atoms with E-state index >= 15 is 0 Å². The van der Waals surface area contributed by atoms with E-state index in [0.29, 0.717) is 48.1 Å². The number of hydrogen-bond acceptors (Lipinski definition) is 6. The van der Waals surface area contributed by atoms with Crippen molar-refractivity contribution in [3.63, 3.8) is 0 Å². The Morgan fingerprint density at radius 2 is 1.56 bits per heavy atom. The van der Waals surface area contributed by atoms with Gasteiger partial charge in [0.15, 0.2) is 0 Å². The number of benzene rings is 4. The summed E-state index contributed by atoms with van der Waals surface area (Å²) in [6, 6.07) is 28.5. The second kappa shape index (κ2) is 10.4. The summed E-state index contributed by atoms with van der Waals surface area (Å²) in [5.74, 6) is -0.171. The predicted molar refractivity (Wildman–Crippen MR) is 177 cm³/mol. The number of rotatable bonds is 4. The van der Waals surface area contributed by atoms with Crippen molar-refractivity contribution in [2.24, 2.45) is 0 Å². The molecule has 0 fully saturated rings. The number of pyridine rings is 1. The minimum absolute atomic E-state index is 0.0814. The Kier molecular flexibility index (Phi) is 6.50. The van der Waals surface area contributed by atoms with Crippen molar-refractivity contribution in [3.8, 4) is 50.8 Å². The molecule has 0 aliphatic rings. The molecule has 0 amide bonds. The van der Waals surface area contributed by atoms with Crippen molar-refractivity contribution in [2.75, 3.05) is 0 Å². The number of phenols is 2. The molecule has 3 aromatic heterocycles. The molecular weight excluding hydrogens is 653 g/mol. The highest BCUT2D eigenvalue weighted by atomic mass is 127. The quantitative estimate of drug-likeness (QED) is 0.111. The summed E-state index contributed by atoms with van der Waals surface area (Å²) in [5, 5.41) is 28.2. The normalized spacial score (nSPS) is 11.4. The molecule has 4 aromatic carbocycles. The third kappa shape index (κ3) is 4.54. The number of aromatic nitrogens is 3. The lowest BCUT2D eigenvalue weighted by molar-refractivity contribution is 0.449. The van der Waals surface area contributed by atoms with Gasteiger partial charge in [0.05, 0.1) is 31.4 Å². The van der Waals surface area contributed by atoms with Crippen LogP contribution in [0.25, 0.3) is 61.2 Å². The molecule has 0 unspecified atom stereocenters. The van der Waals surface area contributed by atoms with E-state index < -0.39 is 5.63 Å². The summed E-state index contributed by atoms with van der Waals surface area (Å²) < 4.78 is 8.21. The zero-order chi connectivity index (χ0) is 29.8. The number of fused-ring (bicyclic) bond motifs is 3. The Bertz CT molecular complexity index is 2230. The van der Waals surface area contributed by atoms with Crippen LogP contribution in [-0.4, -0.2) is 25.0 Å². The second-order valence-electron chi connectivity index (χ2n) is 10.5. The molecule has 0 aliphatic heterocycles. The standard InChI is InChI=1S/C35H24IN3O4/c1-19-13-14-23-28(15-19)43-35(42)29-24(17-27(37-32(23)29)30-33(40)20(2)16-26(36)34(30)41)25-18-39(22-11-7-4-8-12-22)38-31(25)21-9-5-3-6-10-21/h3-18,40-41H,1-2H3. The van der Waals surface area contributed by atoms with Crippen LogP contribution in [0.4, 0.5) is 0 Å². The van der Waals surface area contributed by atoms with Crippen LogP contribution in [0.2, 0.25) is 0 Å². The molecule has 7 nitrogen and oxygen atoms in total. The molecule has 0 aliphatic carbocycles. The molecule has 43 heavy (non-hydrogen) atoms. The molecule has 7 rings (SSSR count). The zero-order valence-electron chi connectivity index (χ0n) is 23.2. The van der Waals surface area contributed by atoms with Crippen LogP contribution in [-0.2, 0) is 0 Å². The van der Waals surface area contributed by atoms with Gasteiger partial charge in [0.1, 0.15) is 22.8 Å². The number of aromatic hydroxyl groups is 2. The van der Waals surface area contributed by atoms with Crippen LogP contribution in [0.3, 0.4) is 0 Å². The molecule has 0 saturated carbocycles. The third-order valence-electron chi connectivity index (χ3n) is 7.56. The number of aryl methyl sites for hydroxylation is 2. The molecule has 3 heterocycles. The van der Waals surface area contributed by atoms with Gasteiger partial charge in [-0.3, -0.25) is 0 Å². The highest BCUT2D eigenvalue weighted by molar-refractivity contribution is 14.1. The summed E-state index contributed by atoms with van der Waals surface area (Å²) in [6.07, 6.45) is 1.88. The Hall–Kier alpha value is -4.96. The van der Waals surface area contributed by atoms with Crippen LogP contribution >= 0.6 is 22.6 Å². The van der Waals surface area contributed by atoms with Gasteiger partial charge in [0.25, 0.3) is 0 Å². The van der Waals surface area contributed by atoms with E-state index in [2.05, 4.69) is 0 Å². The largest absolute Gasteiger partial charge is 0.507 e. The Labute approximate surface area is 259 Å². The maximum absolute atomic E-state index is 13.8. The van der Waals surface area contributed by atoms with Gasteiger partial charge >= 0.3 is 5.63 Å². The molecule has 210 valence electrons. The smallest absolute Gasteiger partial charge is 0.346 e. The van der Waals surface area contributed by atoms with Crippen LogP contribution < -0.4 is 5.63 Å². The zero-order valence-corrected chi connectivity index (χ0v) is 25.3. The monoisotopic (exact) mass is 677 g/mol. The minimum atomic E-state index is -0.541. The van der Waals surface area contributed by atoms with E-state index in [9.17, 15) is 15.0 Å². The number of halogens is 1. The minimum Gasteiger partial charge on any atom is -0.507 e. The van der Waals surface area contributed by atoms with E-state index in [4.69, 9.17) is 14.5 Å². The van der Waals surface area contributed by atoms with Gasteiger partial charge in [-0.1, -0.05) is 54.6 Å². The van der Waals surface area contributed by atoms with Gasteiger partial charge in [-0.05, 0) is 84.0 Å². The fraction of sp³-hybridized carbons (Fsp3) is 0.0571. The van der Waals surface area contributed by atoms with E-state index in [-0.39, 0.29) is 22.4 Å². The Balaban J connectivity index is 1.65. The highest BCUT2D eigenvalue weighted by Crippen LogP contribution is 2.45. The highest BCUT2D eigenvalue weighted by Gasteiger charge is 2.25. The number of hydrogen-bond donors (Lipinski definition) is 2. The van der Waals surface area contributed by atoms with E-state index in [0.717, 1.165) is 16.8 Å². The first-order chi connectivity index (χ1) is 20.8. The number of para-hydroxylation sites is 1. The first-order valence-corrected chi connectivity index (χ1v) is 14.7. The van der Waals surface area contributed by atoms with Crippen LogP contribution in [0.5, 0.6) is 11.5 Å². The van der Waals surface area contributed by atoms with Crippen LogP contribution in [0.15, 0.2) is 106 Å². The molecule has 0 radical (unpaired) electrons. The number of phenolic OH excluding ortho intramolecular Hbond substituents is 2. The van der Waals surface area contributed by atoms with Crippen LogP contribution in [0.1, 0.15) is 11.1 Å². The molecule has 8 heteroatoms. The molecule has 0 atom stereocenters. The van der Waals surface area contributed by atoms with E-state index in [1.54, 1.807) is 29.8 Å². The topological polar surface area (TPSA) is 101 Å². The van der Waals surface area contributed by atoms with Gasteiger partial charge < -0.3 is 14.6 Å². The molecular formula is C35H24IN3O4. The van der Waals surface area contributed by atoms with Gasteiger partial charge in [0.2, 0.25) is 0 Å². The first-order valence-electron chi connectivity index (χ1n) is 13.6. The Morgan fingerprint density at radius 3 is 2.30 bits per heavy atom. The summed E-state index contributed by atoms with van der Waals surface area (Å²) in [4.78, 5) is 18.7. The van der Waals surface area contributed by atoms with Gasteiger partial charge in [-0.15, -0.1) is 0 Å². The van der Waals surface area contributed by atoms with Crippen molar-refractivity contribution in [1.29, 1.82) is 0 Å². The Morgan fingerprint density at radius 1 is 0.837 bits per heavy atom. The summed E-state index contributed by atoms with van der Waals surface area (Å²) in [7, 11) is 0. The van der Waals surface area contributed by atoms with Crippen molar-refractivity contribution in [2.45, 2.75) is 13.8 Å². The molecule has 0 spiro atoms. The first kappa shape index (κ1) is 26.9. The number of nitrogens with zero attached hydrogens (tertiary/aromatic N) is 3. The molecule has 7 aromatic rings. The molecule has 0 bridgehead atoms. The lowest BCUT2D eigenvalue weighted by atomic mass is 9.95. The van der Waals surface area contributed by atoms with E-state index in [1.807, 2.05) is 109 Å². The summed E-state index contributed by atoms with van der Waals surface area (Å²) in [5.41, 5.74) is 5.85. The molecule has 2 N–H and O–H groups in total. The van der Waals surface area contributed by atoms with Crippen molar-refractivity contribution >= 4 is 44.5 Å². The van der Waals surface area contributed by atoms with Gasteiger partial charge in [-0.25, -0.2) is 14.5 Å². The average molecular weight is 677 g/mol. The lowest BCUT2D eigenvalue weighted by Gasteiger charge is -2.15. The van der Waals surface area contributed by atoms with E-state index in [1.165, 1.54) is 0 Å². The van der Waals surface area contributed by atoms with Crippen LogP contribution in [0, 0.1) is 17.4 Å². The molecule has 0 saturated heterocycles. The van der Waals surface area contributed by atoms with Crippen molar-refractivity contribution in [1.82, 2.24) is 14.8 Å².